The molecule has 3 heteroatoms. The maximum atomic E-state index is 11.4. The van der Waals surface area contributed by atoms with Crippen molar-refractivity contribution < 1.29 is 4.79 Å². The Bertz CT molecular complexity index is 498. The van der Waals surface area contributed by atoms with Gasteiger partial charge in [0.15, 0.2) is 0 Å². The van der Waals surface area contributed by atoms with Crippen molar-refractivity contribution in [1.29, 1.82) is 5.26 Å². The van der Waals surface area contributed by atoms with Gasteiger partial charge >= 0.3 is 0 Å². The summed E-state index contributed by atoms with van der Waals surface area (Å²) in [4.78, 5) is 11.4. The number of nitrogens with one attached hydrogen (secondary N) is 1. The van der Waals surface area contributed by atoms with Gasteiger partial charge in [0.25, 0.3) is 0 Å². The van der Waals surface area contributed by atoms with Gasteiger partial charge in [0.2, 0.25) is 5.91 Å². The highest BCUT2D eigenvalue weighted by Crippen LogP contribution is 2.17. The van der Waals surface area contributed by atoms with E-state index in [1.54, 1.807) is 0 Å². The summed E-state index contributed by atoms with van der Waals surface area (Å²) in [6.45, 7) is 8.18. The Hall–Kier alpha value is -1.82. The molecule has 1 aromatic rings. The van der Waals surface area contributed by atoms with Gasteiger partial charge in [0, 0.05) is 5.54 Å². The van der Waals surface area contributed by atoms with Gasteiger partial charge in [-0.05, 0) is 51.7 Å². The molecule has 19 heavy (non-hydrogen) atoms. The fourth-order valence-electron chi connectivity index (χ4n) is 2.13. The Morgan fingerprint density at radius 2 is 2.05 bits per heavy atom. The maximum Gasteiger partial charge on any atom is 0.234 e. The van der Waals surface area contributed by atoms with E-state index in [0.717, 1.165) is 12.8 Å². The molecule has 0 unspecified atom stereocenters. The zero-order chi connectivity index (χ0) is 14.5. The lowest BCUT2D eigenvalue weighted by molar-refractivity contribution is -0.121. The largest absolute Gasteiger partial charge is 0.350 e. The normalized spacial score (nSPS) is 10.9. The lowest BCUT2D eigenvalue weighted by Crippen LogP contribution is -2.43. The Balaban J connectivity index is 2.60. The Morgan fingerprint density at radius 3 is 2.63 bits per heavy atom. The van der Waals surface area contributed by atoms with E-state index in [4.69, 9.17) is 5.26 Å². The molecule has 3 nitrogen and oxygen atoms in total. The number of rotatable bonds is 5. The summed E-state index contributed by atoms with van der Waals surface area (Å²) < 4.78 is 0. The smallest absolute Gasteiger partial charge is 0.234 e. The second kappa shape index (κ2) is 6.38. The van der Waals surface area contributed by atoms with E-state index in [-0.39, 0.29) is 17.9 Å². The van der Waals surface area contributed by atoms with Crippen LogP contribution in [-0.2, 0) is 11.2 Å². The summed E-state index contributed by atoms with van der Waals surface area (Å²) in [5, 5.41) is 11.4. The molecule has 0 fully saturated rings. The lowest BCUT2D eigenvalue weighted by atomic mass is 9.93. The first kappa shape index (κ1) is 15.2. The Kier molecular flexibility index (Phi) is 5.11. The number of nitriles is 1. The summed E-state index contributed by atoms with van der Waals surface area (Å²) in [7, 11) is 0. The molecule has 1 aromatic carbocycles. The van der Waals surface area contributed by atoms with Gasteiger partial charge in [0.1, 0.15) is 6.42 Å². The average molecular weight is 258 g/mol. The minimum atomic E-state index is -0.286. The number of hydrogen-bond acceptors (Lipinski definition) is 2. The molecule has 0 radical (unpaired) electrons. The van der Waals surface area contributed by atoms with E-state index < -0.39 is 0 Å². The number of benzene rings is 1. The van der Waals surface area contributed by atoms with Crippen LogP contribution >= 0.6 is 0 Å². The first-order chi connectivity index (χ1) is 8.84. The van der Waals surface area contributed by atoms with E-state index in [2.05, 4.69) is 37.4 Å². The van der Waals surface area contributed by atoms with Crippen molar-refractivity contribution in [2.45, 2.75) is 52.5 Å². The molecule has 0 heterocycles. The highest BCUT2D eigenvalue weighted by molar-refractivity contribution is 5.78. The fourth-order valence-corrected chi connectivity index (χ4v) is 2.13. The average Bonchev–Trinajstić information content (AvgIpc) is 2.27. The number of carbonyl (C=O) groups excluding carboxylic acids is 1. The van der Waals surface area contributed by atoms with Gasteiger partial charge in [0.05, 0.1) is 6.07 Å². The molecular formula is C16H22N2O. The van der Waals surface area contributed by atoms with Gasteiger partial charge in [-0.1, -0.05) is 23.8 Å². The molecule has 0 aliphatic carbocycles. The third-order valence-electron chi connectivity index (χ3n) is 3.23. The van der Waals surface area contributed by atoms with Crippen molar-refractivity contribution in [3.05, 3.63) is 34.9 Å². The lowest BCUT2D eigenvalue weighted by Gasteiger charge is -2.26. The molecule has 0 aliphatic heterocycles. The molecule has 102 valence electrons. The minimum Gasteiger partial charge on any atom is -0.350 e. The summed E-state index contributed by atoms with van der Waals surface area (Å²) >= 11 is 0. The highest BCUT2D eigenvalue weighted by Gasteiger charge is 2.20. The van der Waals surface area contributed by atoms with Gasteiger partial charge < -0.3 is 5.32 Å². The third-order valence-corrected chi connectivity index (χ3v) is 3.23. The molecule has 0 saturated heterocycles. The number of nitrogens with zero attached hydrogens (tertiary/aromatic N) is 1. The second-order valence-corrected chi connectivity index (χ2v) is 5.70. The van der Waals surface area contributed by atoms with Gasteiger partial charge in [-0.3, -0.25) is 4.79 Å². The van der Waals surface area contributed by atoms with E-state index >= 15 is 0 Å². The number of aryl methyl sites for hydroxylation is 3. The predicted molar refractivity (Wildman–Crippen MR) is 76.7 cm³/mol. The first-order valence-electron chi connectivity index (χ1n) is 6.58. The van der Waals surface area contributed by atoms with Crippen LogP contribution in [0.2, 0.25) is 0 Å². The van der Waals surface area contributed by atoms with Crippen LogP contribution in [0.5, 0.6) is 0 Å². The zero-order valence-corrected chi connectivity index (χ0v) is 12.2. The fraction of sp³-hybridized carbons (Fsp3) is 0.500. The molecule has 0 aliphatic rings. The van der Waals surface area contributed by atoms with Crippen molar-refractivity contribution in [2.75, 3.05) is 0 Å². The number of amides is 1. The van der Waals surface area contributed by atoms with Gasteiger partial charge in [-0.25, -0.2) is 0 Å². The van der Waals surface area contributed by atoms with Crippen LogP contribution in [-0.4, -0.2) is 11.4 Å². The number of carbonyl (C=O) groups is 1. The quantitative estimate of drug-likeness (QED) is 0.882. The maximum absolute atomic E-state index is 11.4. The van der Waals surface area contributed by atoms with Crippen LogP contribution < -0.4 is 5.32 Å². The van der Waals surface area contributed by atoms with Crippen LogP contribution in [0, 0.1) is 25.2 Å². The number of hydrogen-bond donors (Lipinski definition) is 1. The van der Waals surface area contributed by atoms with Crippen LogP contribution in [0.3, 0.4) is 0 Å². The summed E-state index contributed by atoms with van der Waals surface area (Å²) in [5.41, 5.74) is 3.58. The summed E-state index contributed by atoms with van der Waals surface area (Å²) in [5.74, 6) is -0.201. The molecule has 0 aromatic heterocycles. The van der Waals surface area contributed by atoms with Crippen molar-refractivity contribution in [1.82, 2.24) is 5.32 Å². The standard InChI is InChI=1S/C16H22N2O/c1-12-5-6-14(13(2)11-12)7-9-16(3,4)18-15(19)8-10-17/h5-6,11H,7-9H2,1-4H3,(H,18,19). The SMILES string of the molecule is Cc1ccc(CCC(C)(C)NC(=O)CC#N)c(C)c1. The molecule has 0 spiro atoms. The van der Waals surface area contributed by atoms with Crippen molar-refractivity contribution >= 4 is 5.91 Å². The van der Waals surface area contributed by atoms with Crippen LogP contribution in [0.25, 0.3) is 0 Å². The van der Waals surface area contributed by atoms with Crippen molar-refractivity contribution in [2.24, 2.45) is 0 Å². The third kappa shape index (κ3) is 5.13. The second-order valence-electron chi connectivity index (χ2n) is 5.70. The molecule has 1 rings (SSSR count). The molecule has 0 saturated carbocycles. The van der Waals surface area contributed by atoms with E-state index in [1.165, 1.54) is 16.7 Å². The first-order valence-corrected chi connectivity index (χ1v) is 6.58. The molecule has 1 N–H and O–H groups in total. The monoisotopic (exact) mass is 258 g/mol. The van der Waals surface area contributed by atoms with E-state index in [1.807, 2.05) is 19.9 Å². The van der Waals surface area contributed by atoms with Crippen LogP contribution in [0.4, 0.5) is 0 Å². The van der Waals surface area contributed by atoms with Gasteiger partial charge in [-0.2, -0.15) is 5.26 Å². The summed E-state index contributed by atoms with van der Waals surface area (Å²) in [6, 6.07) is 8.31. The molecular weight excluding hydrogens is 236 g/mol. The highest BCUT2D eigenvalue weighted by atomic mass is 16.1. The molecule has 1 amide bonds. The minimum absolute atomic E-state index is 0.0764. The van der Waals surface area contributed by atoms with Crippen LogP contribution in [0.1, 0.15) is 43.4 Å². The van der Waals surface area contributed by atoms with Crippen molar-refractivity contribution in [3.8, 4) is 6.07 Å². The predicted octanol–water partition coefficient (Wildman–Crippen LogP) is 3.04. The van der Waals surface area contributed by atoms with E-state index in [0.29, 0.717) is 0 Å². The Morgan fingerprint density at radius 1 is 1.37 bits per heavy atom. The van der Waals surface area contributed by atoms with E-state index in [9.17, 15) is 4.79 Å². The van der Waals surface area contributed by atoms with Crippen LogP contribution in [0.15, 0.2) is 18.2 Å². The molecule has 0 bridgehead atoms. The summed E-state index contributed by atoms with van der Waals surface area (Å²) in [6.07, 6.45) is 1.70. The van der Waals surface area contributed by atoms with Crippen molar-refractivity contribution in [3.63, 3.8) is 0 Å². The van der Waals surface area contributed by atoms with Gasteiger partial charge in [-0.15, -0.1) is 0 Å². The topological polar surface area (TPSA) is 52.9 Å². The Labute approximate surface area is 115 Å². The molecule has 0 atom stereocenters. The zero-order valence-electron chi connectivity index (χ0n) is 12.2.